The van der Waals surface area contributed by atoms with Gasteiger partial charge in [0, 0.05) is 13.1 Å². The van der Waals surface area contributed by atoms with E-state index >= 15 is 0 Å². The zero-order valence-electron chi connectivity index (χ0n) is 13.6. The number of ether oxygens (including phenoxy) is 1. The smallest absolute Gasteiger partial charge is 0.346 e. The molecule has 0 atom stereocenters. The van der Waals surface area contributed by atoms with Gasteiger partial charge in [0.15, 0.2) is 0 Å². The molecule has 24 heavy (non-hydrogen) atoms. The van der Waals surface area contributed by atoms with Crippen LogP contribution in [0, 0.1) is 0 Å². The van der Waals surface area contributed by atoms with E-state index in [2.05, 4.69) is 10.3 Å². The van der Waals surface area contributed by atoms with Gasteiger partial charge in [0.25, 0.3) is 0 Å². The Balaban J connectivity index is 1.58. The summed E-state index contributed by atoms with van der Waals surface area (Å²) in [4.78, 5) is 14.3. The Bertz CT molecular complexity index is 801. The lowest BCUT2D eigenvalue weighted by molar-refractivity contribution is 0.0997. The molecule has 1 aromatic heterocycles. The Morgan fingerprint density at radius 2 is 1.88 bits per heavy atom. The molecule has 0 aliphatic rings. The summed E-state index contributed by atoms with van der Waals surface area (Å²) in [5.74, 6) is 0. The molecule has 2 aromatic carbocycles. The number of amides is 1. The molecule has 3 rings (SSSR count). The van der Waals surface area contributed by atoms with Crippen molar-refractivity contribution < 1.29 is 9.53 Å². The van der Waals surface area contributed by atoms with E-state index in [9.17, 15) is 4.79 Å². The summed E-state index contributed by atoms with van der Waals surface area (Å²) in [5, 5.41) is 8.00. The summed E-state index contributed by atoms with van der Waals surface area (Å²) in [6.45, 7) is 4.05. The molecule has 0 saturated carbocycles. The van der Waals surface area contributed by atoms with E-state index in [-0.39, 0.29) is 6.03 Å². The van der Waals surface area contributed by atoms with Crippen molar-refractivity contribution in [1.29, 1.82) is 0 Å². The Morgan fingerprint density at radius 3 is 2.67 bits per heavy atom. The third-order valence-corrected chi connectivity index (χ3v) is 3.80. The van der Waals surface area contributed by atoms with Crippen LogP contribution in [-0.4, -0.2) is 45.6 Å². The molecule has 6 nitrogen and oxygen atoms in total. The molecule has 0 saturated heterocycles. The van der Waals surface area contributed by atoms with Gasteiger partial charge in [-0.05, 0) is 24.6 Å². The molecule has 0 N–H and O–H groups in total. The topological polar surface area (TPSA) is 60.2 Å². The first-order valence-corrected chi connectivity index (χ1v) is 8.01. The lowest BCUT2D eigenvalue weighted by Crippen LogP contribution is -2.37. The minimum atomic E-state index is -0.186. The number of hydrogen-bond donors (Lipinski definition) is 0. The molecule has 1 heterocycles. The fourth-order valence-electron chi connectivity index (χ4n) is 2.47. The van der Waals surface area contributed by atoms with Crippen molar-refractivity contribution in [1.82, 2.24) is 19.9 Å². The third-order valence-electron chi connectivity index (χ3n) is 3.80. The number of hydrogen-bond acceptors (Lipinski definition) is 4. The number of fused-ring (bicyclic) bond motifs is 1. The molecule has 0 unspecified atom stereocenters. The fraction of sp³-hybridized carbons (Fsp3) is 0.278. The normalized spacial score (nSPS) is 10.9. The second-order valence-corrected chi connectivity index (χ2v) is 5.39. The van der Waals surface area contributed by atoms with Crippen molar-refractivity contribution in [3.8, 4) is 0 Å². The summed E-state index contributed by atoms with van der Waals surface area (Å²) in [7, 11) is 0. The maximum Gasteiger partial charge on any atom is 0.346 e. The average Bonchev–Trinajstić information content (AvgIpc) is 3.06. The van der Waals surface area contributed by atoms with E-state index in [1.165, 1.54) is 4.68 Å². The molecule has 0 fully saturated rings. The quantitative estimate of drug-likeness (QED) is 0.654. The Kier molecular flexibility index (Phi) is 5.18. The maximum absolute atomic E-state index is 12.6. The van der Waals surface area contributed by atoms with Crippen LogP contribution in [0.3, 0.4) is 0 Å². The number of carbonyl (C=O) groups is 1. The van der Waals surface area contributed by atoms with Gasteiger partial charge in [-0.1, -0.05) is 47.7 Å². The SMILES string of the molecule is CCN(CCOCc1ccccc1)C(=O)n1nnc2ccccc21. The van der Waals surface area contributed by atoms with Crippen LogP contribution in [0.15, 0.2) is 54.6 Å². The van der Waals surface area contributed by atoms with Gasteiger partial charge in [-0.3, -0.25) is 0 Å². The number of para-hydroxylation sites is 1. The zero-order chi connectivity index (χ0) is 16.8. The van der Waals surface area contributed by atoms with Crippen LogP contribution >= 0.6 is 0 Å². The molecule has 124 valence electrons. The predicted octanol–water partition coefficient (Wildman–Crippen LogP) is 2.94. The van der Waals surface area contributed by atoms with Crippen LogP contribution < -0.4 is 0 Å². The van der Waals surface area contributed by atoms with Crippen LogP contribution in [0.5, 0.6) is 0 Å². The van der Waals surface area contributed by atoms with Crippen molar-refractivity contribution >= 4 is 17.1 Å². The largest absolute Gasteiger partial charge is 0.375 e. The summed E-state index contributed by atoms with van der Waals surface area (Å²) in [5.41, 5.74) is 2.54. The third kappa shape index (κ3) is 3.60. The van der Waals surface area contributed by atoms with Crippen LogP contribution in [0.4, 0.5) is 4.79 Å². The molecule has 0 bridgehead atoms. The van der Waals surface area contributed by atoms with E-state index in [1.807, 2.05) is 61.5 Å². The summed E-state index contributed by atoms with van der Waals surface area (Å²) < 4.78 is 7.01. The first-order chi connectivity index (χ1) is 11.8. The number of nitrogens with zero attached hydrogens (tertiary/aromatic N) is 4. The highest BCUT2D eigenvalue weighted by molar-refractivity contribution is 5.87. The highest BCUT2D eigenvalue weighted by Gasteiger charge is 2.17. The van der Waals surface area contributed by atoms with Gasteiger partial charge >= 0.3 is 6.03 Å². The monoisotopic (exact) mass is 324 g/mol. The second-order valence-electron chi connectivity index (χ2n) is 5.39. The molecule has 1 amide bonds. The van der Waals surface area contributed by atoms with Gasteiger partial charge in [-0.15, -0.1) is 5.10 Å². The van der Waals surface area contributed by atoms with Crippen molar-refractivity contribution in [3.63, 3.8) is 0 Å². The number of aromatic nitrogens is 3. The average molecular weight is 324 g/mol. The Labute approximate surface area is 140 Å². The van der Waals surface area contributed by atoms with Crippen molar-refractivity contribution in [3.05, 3.63) is 60.2 Å². The second kappa shape index (κ2) is 7.70. The van der Waals surface area contributed by atoms with Gasteiger partial charge in [0.05, 0.1) is 18.7 Å². The summed E-state index contributed by atoms with van der Waals surface area (Å²) in [6, 6.07) is 17.2. The molecular formula is C18H20N4O2. The van der Waals surface area contributed by atoms with E-state index in [4.69, 9.17) is 4.74 Å². The van der Waals surface area contributed by atoms with Gasteiger partial charge in [-0.25, -0.2) is 4.79 Å². The molecule has 6 heteroatoms. The van der Waals surface area contributed by atoms with Crippen molar-refractivity contribution in [2.75, 3.05) is 19.7 Å². The van der Waals surface area contributed by atoms with E-state index in [1.54, 1.807) is 4.90 Å². The number of carbonyl (C=O) groups excluding carboxylic acids is 1. The molecule has 0 aliphatic heterocycles. The summed E-state index contributed by atoms with van der Waals surface area (Å²) in [6.07, 6.45) is 0. The van der Waals surface area contributed by atoms with E-state index in [0.717, 1.165) is 5.56 Å². The van der Waals surface area contributed by atoms with E-state index in [0.29, 0.717) is 37.3 Å². The Morgan fingerprint density at radius 1 is 1.12 bits per heavy atom. The predicted molar refractivity (Wildman–Crippen MR) is 91.7 cm³/mol. The Hall–Kier alpha value is -2.73. The van der Waals surface area contributed by atoms with Gasteiger partial charge in [0.1, 0.15) is 5.52 Å². The molecular weight excluding hydrogens is 304 g/mol. The molecule has 0 aliphatic carbocycles. The number of likely N-dealkylation sites (N-methyl/N-ethyl adjacent to an activating group) is 1. The fourth-order valence-corrected chi connectivity index (χ4v) is 2.47. The van der Waals surface area contributed by atoms with Crippen molar-refractivity contribution in [2.45, 2.75) is 13.5 Å². The van der Waals surface area contributed by atoms with Crippen LogP contribution in [0.1, 0.15) is 12.5 Å². The standard InChI is InChI=1S/C18H20N4O2/c1-2-21(12-13-24-14-15-8-4-3-5-9-15)18(23)22-17-11-7-6-10-16(17)19-20-22/h3-11H,2,12-14H2,1H3. The van der Waals surface area contributed by atoms with Gasteiger partial charge < -0.3 is 9.64 Å². The molecule has 3 aromatic rings. The highest BCUT2D eigenvalue weighted by atomic mass is 16.5. The van der Waals surface area contributed by atoms with Crippen LogP contribution in [0.2, 0.25) is 0 Å². The van der Waals surface area contributed by atoms with Crippen molar-refractivity contribution in [2.24, 2.45) is 0 Å². The number of rotatable bonds is 6. The first kappa shape index (κ1) is 16.1. The van der Waals surface area contributed by atoms with Crippen LogP contribution in [-0.2, 0) is 11.3 Å². The first-order valence-electron chi connectivity index (χ1n) is 8.01. The van der Waals surface area contributed by atoms with Gasteiger partial charge in [-0.2, -0.15) is 4.68 Å². The van der Waals surface area contributed by atoms with Gasteiger partial charge in [0.2, 0.25) is 0 Å². The minimum Gasteiger partial charge on any atom is -0.375 e. The highest BCUT2D eigenvalue weighted by Crippen LogP contribution is 2.11. The minimum absolute atomic E-state index is 0.186. The number of benzene rings is 2. The maximum atomic E-state index is 12.6. The summed E-state index contributed by atoms with van der Waals surface area (Å²) >= 11 is 0. The zero-order valence-corrected chi connectivity index (χ0v) is 13.6. The van der Waals surface area contributed by atoms with Crippen LogP contribution in [0.25, 0.3) is 11.0 Å². The molecule has 0 radical (unpaired) electrons. The lowest BCUT2D eigenvalue weighted by atomic mass is 10.2. The van der Waals surface area contributed by atoms with E-state index < -0.39 is 0 Å². The lowest BCUT2D eigenvalue weighted by Gasteiger charge is -2.20. The molecule has 0 spiro atoms.